The standard InChI is InChI=1S/C43H40N3O5S/c1-2-50-43(47)31-19-23-44(24-20-31)52(48,49)41-14-8-5-11-36(41)42-34-17-15-32(45-25-21-29-9-3-6-12-37(29)45)27-39(34)51-40-28-33(16-18-35(40)42)46-26-22-30-10-4-7-13-38(30)46/h3-18,27-28,31H,2,19-26H2,1H3/q+1. The van der Waals surface area contributed by atoms with Crippen molar-refractivity contribution in [1.82, 2.24) is 8.88 Å². The number of rotatable bonds is 6. The van der Waals surface area contributed by atoms with Gasteiger partial charge in [-0.2, -0.15) is 8.88 Å². The van der Waals surface area contributed by atoms with Crippen LogP contribution >= 0.6 is 0 Å². The number of fused-ring (bicyclic) bond motifs is 4. The van der Waals surface area contributed by atoms with Crippen LogP contribution in [0.3, 0.4) is 0 Å². The molecular formula is C43H40N3O5S+. The van der Waals surface area contributed by atoms with Gasteiger partial charge in [0.05, 0.1) is 23.5 Å². The molecule has 0 amide bonds. The third-order valence-corrected chi connectivity index (χ3v) is 12.9. The molecule has 262 valence electrons. The van der Waals surface area contributed by atoms with E-state index < -0.39 is 10.0 Å². The number of benzene rings is 5. The Bertz CT molecular complexity index is 2520. The van der Waals surface area contributed by atoms with Crippen LogP contribution in [0.25, 0.3) is 33.4 Å². The Hall–Kier alpha value is -5.25. The second kappa shape index (κ2) is 13.1. The first-order chi connectivity index (χ1) is 25.4. The van der Waals surface area contributed by atoms with E-state index in [1.54, 1.807) is 19.1 Å². The summed E-state index contributed by atoms with van der Waals surface area (Å²) in [4.78, 5) is 15.0. The number of piperidine rings is 1. The molecule has 0 atom stereocenters. The van der Waals surface area contributed by atoms with E-state index >= 15 is 0 Å². The van der Waals surface area contributed by atoms with Crippen molar-refractivity contribution in [3.05, 3.63) is 126 Å². The van der Waals surface area contributed by atoms with Crippen molar-refractivity contribution in [1.29, 1.82) is 0 Å². The number of hydrogen-bond donors (Lipinski definition) is 0. The van der Waals surface area contributed by atoms with Crippen LogP contribution in [0.1, 0.15) is 30.9 Å². The Morgan fingerprint density at radius 3 is 2.44 bits per heavy atom. The van der Waals surface area contributed by atoms with Crippen molar-refractivity contribution >= 4 is 44.0 Å². The molecule has 4 heterocycles. The molecule has 1 saturated heterocycles. The van der Waals surface area contributed by atoms with Gasteiger partial charge < -0.3 is 14.1 Å². The molecule has 4 aliphatic heterocycles. The minimum atomic E-state index is -3.91. The normalized spacial score (nSPS) is 17.4. The Kier molecular flexibility index (Phi) is 8.20. The number of anilines is 2. The van der Waals surface area contributed by atoms with E-state index in [1.165, 1.54) is 26.8 Å². The summed E-state index contributed by atoms with van der Waals surface area (Å²) in [6.07, 6.45) is 2.80. The lowest BCUT2D eigenvalue weighted by molar-refractivity contribution is -0.149. The van der Waals surface area contributed by atoms with Crippen LogP contribution < -0.4 is 14.8 Å². The summed E-state index contributed by atoms with van der Waals surface area (Å²) < 4.78 is 44.9. The van der Waals surface area contributed by atoms with Gasteiger partial charge in [-0.05, 0) is 62.1 Å². The van der Waals surface area contributed by atoms with Crippen molar-refractivity contribution in [3.8, 4) is 22.5 Å². The van der Waals surface area contributed by atoms with Crippen molar-refractivity contribution in [2.24, 2.45) is 5.92 Å². The molecule has 0 unspecified atom stereocenters. The molecule has 0 radical (unpaired) electrons. The number of carbonyl (C=O) groups is 1. The minimum absolute atomic E-state index is 0.244. The smallest absolute Gasteiger partial charge is 0.309 e. The Morgan fingerprint density at radius 1 is 0.827 bits per heavy atom. The van der Waals surface area contributed by atoms with Crippen molar-refractivity contribution in [2.75, 3.05) is 37.7 Å². The Balaban J connectivity index is 1.21. The van der Waals surface area contributed by atoms with E-state index in [0.717, 1.165) is 53.5 Å². The topological polar surface area (TPSA) is 83.1 Å². The number of nitrogens with zero attached hydrogens (tertiary/aromatic N) is 3. The van der Waals surface area contributed by atoms with E-state index in [0.29, 0.717) is 36.4 Å². The third-order valence-electron chi connectivity index (χ3n) is 10.9. The van der Waals surface area contributed by atoms with Crippen LogP contribution in [-0.2, 0) is 32.4 Å². The molecule has 0 aromatic heterocycles. The molecule has 0 bridgehead atoms. The molecule has 9 rings (SSSR count). The number of sulfonamides is 1. The van der Waals surface area contributed by atoms with Gasteiger partial charge in [-0.15, -0.1) is 0 Å². The first-order valence-corrected chi connectivity index (χ1v) is 19.7. The highest BCUT2D eigenvalue weighted by Gasteiger charge is 2.35. The fourth-order valence-corrected chi connectivity index (χ4v) is 10.0. The van der Waals surface area contributed by atoms with Crippen LogP contribution in [0.2, 0.25) is 0 Å². The molecule has 9 heteroatoms. The fourth-order valence-electron chi connectivity index (χ4n) is 8.34. The molecular weight excluding hydrogens is 671 g/mol. The summed E-state index contributed by atoms with van der Waals surface area (Å²) in [5, 5.41) is 1.87. The Labute approximate surface area is 303 Å². The van der Waals surface area contributed by atoms with Gasteiger partial charge in [-0.25, -0.2) is 8.42 Å². The molecule has 8 nitrogen and oxygen atoms in total. The van der Waals surface area contributed by atoms with E-state index in [-0.39, 0.29) is 29.9 Å². The summed E-state index contributed by atoms with van der Waals surface area (Å²) >= 11 is 0. The lowest BCUT2D eigenvalue weighted by Crippen LogP contribution is -2.40. The van der Waals surface area contributed by atoms with E-state index in [4.69, 9.17) is 9.15 Å². The third kappa shape index (κ3) is 5.50. The van der Waals surface area contributed by atoms with E-state index in [1.807, 2.05) is 12.1 Å². The largest absolute Gasteiger partial charge is 0.466 e. The van der Waals surface area contributed by atoms with Gasteiger partial charge in [0.15, 0.2) is 6.54 Å². The van der Waals surface area contributed by atoms with Gasteiger partial charge in [0.2, 0.25) is 21.1 Å². The summed E-state index contributed by atoms with van der Waals surface area (Å²) in [5.74, 6) is 0.143. The van der Waals surface area contributed by atoms with Crippen LogP contribution in [0.4, 0.5) is 17.1 Å². The van der Waals surface area contributed by atoms with E-state index in [2.05, 4.69) is 94.4 Å². The van der Waals surface area contributed by atoms with Crippen LogP contribution in [0.15, 0.2) is 119 Å². The van der Waals surface area contributed by atoms with Gasteiger partial charge in [0.25, 0.3) is 0 Å². The summed E-state index contributed by atoms with van der Waals surface area (Å²) in [6.45, 7) is 4.36. The number of esters is 1. The maximum absolute atomic E-state index is 14.5. The SMILES string of the molecule is CCOC(=O)C1CCN(S(=O)(=O)c2ccccc2-c2c3cc/c(=[N+]4\CCc5ccccc54)cc-3oc3cc(N4CCc5ccccc54)ccc23)CC1. The van der Waals surface area contributed by atoms with Crippen LogP contribution in [0, 0.1) is 5.92 Å². The lowest BCUT2D eigenvalue weighted by Gasteiger charge is -2.31. The second-order valence-electron chi connectivity index (χ2n) is 13.8. The number of ether oxygens (including phenoxy) is 1. The highest BCUT2D eigenvalue weighted by molar-refractivity contribution is 7.89. The lowest BCUT2D eigenvalue weighted by atomic mass is 9.93. The average molecular weight is 711 g/mol. The zero-order valence-corrected chi connectivity index (χ0v) is 29.9. The number of hydrogen-bond acceptors (Lipinski definition) is 6. The molecule has 52 heavy (non-hydrogen) atoms. The van der Waals surface area contributed by atoms with Crippen molar-refractivity contribution in [3.63, 3.8) is 0 Å². The van der Waals surface area contributed by atoms with Crippen molar-refractivity contribution < 1.29 is 22.4 Å². The van der Waals surface area contributed by atoms with Gasteiger partial charge in [-0.3, -0.25) is 4.79 Å². The van der Waals surface area contributed by atoms with Gasteiger partial charge in [-0.1, -0.05) is 54.6 Å². The molecule has 0 N–H and O–H groups in total. The monoisotopic (exact) mass is 710 g/mol. The van der Waals surface area contributed by atoms with Crippen LogP contribution in [-0.4, -0.2) is 51.5 Å². The molecule has 1 aliphatic carbocycles. The molecule has 1 fully saturated rings. The summed E-state index contributed by atoms with van der Waals surface area (Å²) in [6, 6.07) is 36.8. The molecule has 5 aliphatic rings. The zero-order valence-electron chi connectivity index (χ0n) is 29.1. The highest BCUT2D eigenvalue weighted by atomic mass is 32.2. The number of para-hydroxylation sites is 2. The van der Waals surface area contributed by atoms with Crippen LogP contribution in [0.5, 0.6) is 0 Å². The molecule has 0 saturated carbocycles. The minimum Gasteiger partial charge on any atom is -0.466 e. The summed E-state index contributed by atoms with van der Waals surface area (Å²) in [5.41, 5.74) is 9.03. The van der Waals surface area contributed by atoms with Crippen molar-refractivity contribution in [2.45, 2.75) is 37.5 Å². The second-order valence-corrected chi connectivity index (χ2v) is 15.7. The quantitative estimate of drug-likeness (QED) is 0.101. The highest BCUT2D eigenvalue weighted by Crippen LogP contribution is 2.45. The maximum Gasteiger partial charge on any atom is 0.309 e. The first-order valence-electron chi connectivity index (χ1n) is 18.2. The van der Waals surface area contributed by atoms with Gasteiger partial charge in [0, 0.05) is 83.3 Å². The first kappa shape index (κ1) is 32.6. The van der Waals surface area contributed by atoms with E-state index in [9.17, 15) is 13.2 Å². The maximum atomic E-state index is 14.5. The zero-order chi connectivity index (χ0) is 35.4. The summed E-state index contributed by atoms with van der Waals surface area (Å²) in [7, 11) is -3.91. The Morgan fingerprint density at radius 2 is 1.60 bits per heavy atom. The molecule has 4 aromatic rings. The molecule has 0 spiro atoms. The number of carbonyl (C=O) groups excluding carboxylic acids is 1. The van der Waals surface area contributed by atoms with Gasteiger partial charge >= 0.3 is 5.97 Å². The fraction of sp³-hybridized carbons (Fsp3) is 0.256. The predicted molar refractivity (Wildman–Crippen MR) is 203 cm³/mol. The van der Waals surface area contributed by atoms with Gasteiger partial charge in [0.1, 0.15) is 11.3 Å². The predicted octanol–water partition coefficient (Wildman–Crippen LogP) is 7.52. The average Bonchev–Trinajstić information content (AvgIpc) is 3.82. The molecule has 4 aromatic carbocycles.